The molecule has 0 aliphatic carbocycles. The summed E-state index contributed by atoms with van der Waals surface area (Å²) in [7, 11) is 0. The standard InChI is InChI=1S/C17H14N2O2/c20-17(16-9-5-11-21-16)19(15-7-2-1-3-8-15)13-14-6-4-10-18-12-14/h1-12H,13H2. The smallest absolute Gasteiger partial charge is 0.294 e. The van der Waals surface area contributed by atoms with Gasteiger partial charge in [-0.25, -0.2) is 0 Å². The van der Waals surface area contributed by atoms with Crippen LogP contribution in [0.4, 0.5) is 5.69 Å². The fourth-order valence-corrected chi connectivity index (χ4v) is 2.10. The molecule has 4 nitrogen and oxygen atoms in total. The molecule has 3 rings (SSSR count). The van der Waals surface area contributed by atoms with E-state index in [-0.39, 0.29) is 5.91 Å². The number of pyridine rings is 1. The molecule has 0 bridgehead atoms. The van der Waals surface area contributed by atoms with E-state index >= 15 is 0 Å². The third-order valence-corrected chi connectivity index (χ3v) is 3.11. The van der Waals surface area contributed by atoms with Crippen LogP contribution >= 0.6 is 0 Å². The van der Waals surface area contributed by atoms with Gasteiger partial charge in [0.1, 0.15) is 0 Å². The van der Waals surface area contributed by atoms with Crippen LogP contribution in [0.5, 0.6) is 0 Å². The molecule has 0 unspecified atom stereocenters. The predicted octanol–water partition coefficient (Wildman–Crippen LogP) is 3.52. The Bertz CT molecular complexity index is 694. The molecule has 0 fully saturated rings. The number of anilines is 1. The molecule has 104 valence electrons. The van der Waals surface area contributed by atoms with Gasteiger partial charge in [0, 0.05) is 18.1 Å². The van der Waals surface area contributed by atoms with Gasteiger partial charge >= 0.3 is 0 Å². The molecule has 0 saturated heterocycles. The minimum Gasteiger partial charge on any atom is -0.459 e. The van der Waals surface area contributed by atoms with E-state index in [1.807, 2.05) is 42.5 Å². The van der Waals surface area contributed by atoms with Crippen molar-refractivity contribution in [1.29, 1.82) is 0 Å². The zero-order valence-electron chi connectivity index (χ0n) is 11.3. The van der Waals surface area contributed by atoms with Gasteiger partial charge in [-0.05, 0) is 35.9 Å². The highest BCUT2D eigenvalue weighted by molar-refractivity contribution is 6.04. The Balaban J connectivity index is 1.93. The van der Waals surface area contributed by atoms with Gasteiger partial charge in [-0.2, -0.15) is 0 Å². The lowest BCUT2D eigenvalue weighted by molar-refractivity contribution is 0.0958. The van der Waals surface area contributed by atoms with Gasteiger partial charge in [0.05, 0.1) is 12.8 Å². The first-order chi connectivity index (χ1) is 10.3. The Labute approximate surface area is 122 Å². The average Bonchev–Trinajstić information content (AvgIpc) is 3.08. The maximum absolute atomic E-state index is 12.6. The zero-order chi connectivity index (χ0) is 14.5. The molecule has 3 aromatic rings. The number of carbonyl (C=O) groups is 1. The summed E-state index contributed by atoms with van der Waals surface area (Å²) >= 11 is 0. The highest BCUT2D eigenvalue weighted by atomic mass is 16.3. The summed E-state index contributed by atoms with van der Waals surface area (Å²) in [6.45, 7) is 0.442. The summed E-state index contributed by atoms with van der Waals surface area (Å²) in [6.07, 6.45) is 4.97. The van der Waals surface area contributed by atoms with Gasteiger partial charge in [0.2, 0.25) is 0 Å². The maximum atomic E-state index is 12.6. The first-order valence-corrected chi connectivity index (χ1v) is 6.64. The normalized spacial score (nSPS) is 10.3. The number of rotatable bonds is 4. The van der Waals surface area contributed by atoms with Crippen molar-refractivity contribution in [2.24, 2.45) is 0 Å². The molecule has 0 aliphatic heterocycles. The lowest BCUT2D eigenvalue weighted by Gasteiger charge is -2.21. The van der Waals surface area contributed by atoms with Crippen LogP contribution < -0.4 is 4.90 Å². The van der Waals surface area contributed by atoms with Crippen molar-refractivity contribution in [3.8, 4) is 0 Å². The predicted molar refractivity (Wildman–Crippen MR) is 79.9 cm³/mol. The van der Waals surface area contributed by atoms with E-state index in [9.17, 15) is 4.79 Å². The highest BCUT2D eigenvalue weighted by Gasteiger charge is 2.20. The third kappa shape index (κ3) is 3.00. The molecule has 2 aromatic heterocycles. The van der Waals surface area contributed by atoms with Gasteiger partial charge in [-0.1, -0.05) is 24.3 Å². The summed E-state index contributed by atoms with van der Waals surface area (Å²) in [5, 5.41) is 0. The number of benzene rings is 1. The summed E-state index contributed by atoms with van der Waals surface area (Å²) in [5.74, 6) is 0.151. The molecule has 1 aromatic carbocycles. The first-order valence-electron chi connectivity index (χ1n) is 6.64. The second-order valence-electron chi connectivity index (χ2n) is 4.57. The SMILES string of the molecule is O=C(c1ccco1)N(Cc1cccnc1)c1ccccc1. The third-order valence-electron chi connectivity index (χ3n) is 3.11. The van der Waals surface area contributed by atoms with Crippen LogP contribution in [0.15, 0.2) is 77.7 Å². The van der Waals surface area contributed by atoms with Crippen LogP contribution in [0.2, 0.25) is 0 Å². The molecular weight excluding hydrogens is 264 g/mol. The number of carbonyl (C=O) groups excluding carboxylic acids is 1. The maximum Gasteiger partial charge on any atom is 0.294 e. The lowest BCUT2D eigenvalue weighted by atomic mass is 10.2. The molecule has 0 aliphatic rings. The molecule has 0 saturated carbocycles. The average molecular weight is 278 g/mol. The molecule has 4 heteroatoms. The minimum absolute atomic E-state index is 0.171. The van der Waals surface area contributed by atoms with E-state index in [1.165, 1.54) is 6.26 Å². The largest absolute Gasteiger partial charge is 0.459 e. The van der Waals surface area contributed by atoms with Crippen molar-refractivity contribution >= 4 is 11.6 Å². The monoisotopic (exact) mass is 278 g/mol. The van der Waals surface area contributed by atoms with Crippen molar-refractivity contribution in [3.63, 3.8) is 0 Å². The Hall–Kier alpha value is -2.88. The van der Waals surface area contributed by atoms with Crippen LogP contribution in [-0.2, 0) is 6.54 Å². The van der Waals surface area contributed by atoms with E-state index in [2.05, 4.69) is 4.98 Å². The molecule has 2 heterocycles. The topological polar surface area (TPSA) is 46.3 Å². The summed E-state index contributed by atoms with van der Waals surface area (Å²) < 4.78 is 5.23. The van der Waals surface area contributed by atoms with E-state index in [0.717, 1.165) is 11.3 Å². The Kier molecular flexibility index (Phi) is 3.78. The van der Waals surface area contributed by atoms with E-state index < -0.39 is 0 Å². The second-order valence-corrected chi connectivity index (χ2v) is 4.57. The number of amides is 1. The van der Waals surface area contributed by atoms with Crippen LogP contribution in [0, 0.1) is 0 Å². The number of nitrogens with zero attached hydrogens (tertiary/aromatic N) is 2. The van der Waals surface area contributed by atoms with E-state index in [1.54, 1.807) is 29.4 Å². The van der Waals surface area contributed by atoms with Gasteiger partial charge in [-0.3, -0.25) is 9.78 Å². The number of furan rings is 1. The number of aromatic nitrogens is 1. The minimum atomic E-state index is -0.171. The summed E-state index contributed by atoms with van der Waals surface area (Å²) in [4.78, 5) is 18.4. The Morgan fingerprint density at radius 1 is 1.05 bits per heavy atom. The summed E-state index contributed by atoms with van der Waals surface area (Å²) in [5.41, 5.74) is 1.78. The van der Waals surface area contributed by atoms with Crippen molar-refractivity contribution in [2.75, 3.05) is 4.90 Å². The highest BCUT2D eigenvalue weighted by Crippen LogP contribution is 2.19. The number of para-hydroxylation sites is 1. The quantitative estimate of drug-likeness (QED) is 0.733. The first kappa shape index (κ1) is 13.1. The fourth-order valence-electron chi connectivity index (χ4n) is 2.10. The number of hydrogen-bond acceptors (Lipinski definition) is 3. The number of hydrogen-bond donors (Lipinski definition) is 0. The van der Waals surface area contributed by atoms with Gasteiger partial charge in [0.15, 0.2) is 5.76 Å². The zero-order valence-corrected chi connectivity index (χ0v) is 11.3. The molecule has 0 N–H and O–H groups in total. The Morgan fingerprint density at radius 3 is 2.57 bits per heavy atom. The van der Waals surface area contributed by atoms with Crippen molar-refractivity contribution < 1.29 is 9.21 Å². The molecule has 21 heavy (non-hydrogen) atoms. The fraction of sp³-hybridized carbons (Fsp3) is 0.0588. The van der Waals surface area contributed by atoms with Crippen LogP contribution in [-0.4, -0.2) is 10.9 Å². The van der Waals surface area contributed by atoms with E-state index in [0.29, 0.717) is 12.3 Å². The van der Waals surface area contributed by atoms with E-state index in [4.69, 9.17) is 4.42 Å². The van der Waals surface area contributed by atoms with Crippen LogP contribution in [0.3, 0.4) is 0 Å². The van der Waals surface area contributed by atoms with Crippen molar-refractivity contribution in [2.45, 2.75) is 6.54 Å². The van der Waals surface area contributed by atoms with Gasteiger partial charge < -0.3 is 9.32 Å². The molecule has 1 amide bonds. The van der Waals surface area contributed by atoms with Gasteiger partial charge in [0.25, 0.3) is 5.91 Å². The molecular formula is C17H14N2O2. The van der Waals surface area contributed by atoms with Crippen molar-refractivity contribution in [1.82, 2.24) is 4.98 Å². The lowest BCUT2D eigenvalue weighted by Crippen LogP contribution is -2.30. The molecule has 0 atom stereocenters. The van der Waals surface area contributed by atoms with Crippen molar-refractivity contribution in [3.05, 3.63) is 84.6 Å². The van der Waals surface area contributed by atoms with Crippen LogP contribution in [0.25, 0.3) is 0 Å². The second kappa shape index (κ2) is 6.05. The molecule has 0 radical (unpaired) electrons. The Morgan fingerprint density at radius 2 is 1.90 bits per heavy atom. The van der Waals surface area contributed by atoms with Gasteiger partial charge in [-0.15, -0.1) is 0 Å². The molecule has 0 spiro atoms. The summed E-state index contributed by atoms with van der Waals surface area (Å²) in [6, 6.07) is 16.7. The van der Waals surface area contributed by atoms with Crippen LogP contribution in [0.1, 0.15) is 16.1 Å².